The van der Waals surface area contributed by atoms with Crippen LogP contribution in [-0.2, 0) is 0 Å². The summed E-state index contributed by atoms with van der Waals surface area (Å²) in [6, 6.07) is 9.87. The van der Waals surface area contributed by atoms with Crippen molar-refractivity contribution < 1.29 is 4.79 Å². The van der Waals surface area contributed by atoms with Crippen molar-refractivity contribution in [3.05, 3.63) is 64.2 Å². The molecule has 3 rings (SSSR count). The Kier molecular flexibility index (Phi) is 3.78. The van der Waals surface area contributed by atoms with Gasteiger partial charge in [-0.15, -0.1) is 0 Å². The Labute approximate surface area is 135 Å². The summed E-state index contributed by atoms with van der Waals surface area (Å²) in [5.74, 6) is -0.660. The van der Waals surface area contributed by atoms with Crippen molar-refractivity contribution in [3.8, 4) is 11.8 Å². The van der Waals surface area contributed by atoms with Gasteiger partial charge >= 0.3 is 0 Å². The molecule has 0 aliphatic rings. The number of rotatable bonds is 4. The second-order valence-corrected chi connectivity index (χ2v) is 4.77. The first kappa shape index (κ1) is 15.0. The first-order valence-corrected chi connectivity index (χ1v) is 6.79. The van der Waals surface area contributed by atoms with E-state index in [-0.39, 0.29) is 16.9 Å². The molecule has 2 aromatic heterocycles. The number of nitriles is 1. The van der Waals surface area contributed by atoms with Crippen molar-refractivity contribution in [1.29, 1.82) is 5.26 Å². The van der Waals surface area contributed by atoms with Crippen LogP contribution in [0.4, 0.5) is 11.5 Å². The second-order valence-electron chi connectivity index (χ2n) is 4.77. The summed E-state index contributed by atoms with van der Waals surface area (Å²) in [5, 5.41) is 19.9. The number of primary amides is 1. The average molecular weight is 321 g/mol. The Hall–Kier alpha value is -3.93. The lowest BCUT2D eigenvalue weighted by Crippen LogP contribution is -2.20. The van der Waals surface area contributed by atoms with Crippen LogP contribution in [0, 0.1) is 11.3 Å². The molecule has 4 N–H and O–H groups in total. The van der Waals surface area contributed by atoms with E-state index in [1.807, 2.05) is 0 Å². The Morgan fingerprint density at radius 2 is 2.04 bits per heavy atom. The summed E-state index contributed by atoms with van der Waals surface area (Å²) >= 11 is 0. The lowest BCUT2D eigenvalue weighted by Gasteiger charge is -2.11. The number of carbonyl (C=O) groups is 1. The molecule has 9 nitrogen and oxygen atoms in total. The van der Waals surface area contributed by atoms with E-state index in [0.29, 0.717) is 11.4 Å². The SMILES string of the molecule is N#Cc1cc(C(N)=O)c(Nc2cccc(-n3nccn3)c2)[nH]c1=O. The molecule has 0 saturated carbocycles. The quantitative estimate of drug-likeness (QED) is 0.644. The maximum atomic E-state index is 11.8. The van der Waals surface area contributed by atoms with Gasteiger partial charge in [0.1, 0.15) is 17.5 Å². The number of nitrogens with two attached hydrogens (primary N) is 1. The number of hydrogen-bond donors (Lipinski definition) is 3. The largest absolute Gasteiger partial charge is 0.365 e. The molecule has 0 fully saturated rings. The molecule has 1 aromatic carbocycles. The third-order valence-corrected chi connectivity index (χ3v) is 3.19. The van der Waals surface area contributed by atoms with E-state index in [1.54, 1.807) is 42.7 Å². The molecule has 0 aliphatic heterocycles. The fraction of sp³-hybridized carbons (Fsp3) is 0. The van der Waals surface area contributed by atoms with Gasteiger partial charge in [-0.1, -0.05) is 6.07 Å². The van der Waals surface area contributed by atoms with Crippen LogP contribution >= 0.6 is 0 Å². The molecule has 0 atom stereocenters. The van der Waals surface area contributed by atoms with Crippen LogP contribution in [0.15, 0.2) is 47.5 Å². The summed E-state index contributed by atoms with van der Waals surface area (Å²) in [7, 11) is 0. The summed E-state index contributed by atoms with van der Waals surface area (Å²) < 4.78 is 0. The van der Waals surface area contributed by atoms with Crippen LogP contribution in [0.5, 0.6) is 0 Å². The molecule has 3 aromatic rings. The molecule has 0 aliphatic carbocycles. The highest BCUT2D eigenvalue weighted by Gasteiger charge is 2.13. The molecule has 0 bridgehead atoms. The predicted molar refractivity (Wildman–Crippen MR) is 84.9 cm³/mol. The van der Waals surface area contributed by atoms with E-state index in [9.17, 15) is 9.59 Å². The van der Waals surface area contributed by atoms with Gasteiger partial charge in [0, 0.05) is 5.69 Å². The van der Waals surface area contributed by atoms with E-state index in [1.165, 1.54) is 4.80 Å². The fourth-order valence-corrected chi connectivity index (χ4v) is 2.11. The minimum atomic E-state index is -0.768. The van der Waals surface area contributed by atoms with Gasteiger partial charge in [0.2, 0.25) is 0 Å². The Balaban J connectivity index is 2.01. The molecule has 1 amide bonds. The van der Waals surface area contributed by atoms with Crippen LogP contribution in [0.3, 0.4) is 0 Å². The summed E-state index contributed by atoms with van der Waals surface area (Å²) in [6.07, 6.45) is 3.09. The summed E-state index contributed by atoms with van der Waals surface area (Å²) in [6.45, 7) is 0. The standard InChI is InChI=1S/C15H11N7O2/c16-8-9-6-12(13(17)23)14(21-15(9)24)20-10-2-1-3-11(7-10)22-18-4-5-19-22/h1-7H,(H2,17,23)(H2,20,21,24). The smallest absolute Gasteiger partial charge is 0.267 e. The summed E-state index contributed by atoms with van der Waals surface area (Å²) in [4.78, 5) is 27.2. The molecule has 118 valence electrons. The number of pyridine rings is 1. The monoisotopic (exact) mass is 321 g/mol. The van der Waals surface area contributed by atoms with Gasteiger partial charge in [0.15, 0.2) is 0 Å². The number of benzene rings is 1. The van der Waals surface area contributed by atoms with Crippen LogP contribution < -0.4 is 16.6 Å². The highest BCUT2D eigenvalue weighted by molar-refractivity contribution is 5.98. The number of anilines is 2. The van der Waals surface area contributed by atoms with E-state index >= 15 is 0 Å². The number of H-pyrrole nitrogens is 1. The van der Waals surface area contributed by atoms with Gasteiger partial charge in [-0.2, -0.15) is 20.3 Å². The molecule has 0 unspecified atom stereocenters. The third kappa shape index (κ3) is 2.84. The first-order valence-electron chi connectivity index (χ1n) is 6.79. The maximum Gasteiger partial charge on any atom is 0.267 e. The highest BCUT2D eigenvalue weighted by Crippen LogP contribution is 2.20. The van der Waals surface area contributed by atoms with Gasteiger partial charge in [-0.3, -0.25) is 9.59 Å². The maximum absolute atomic E-state index is 11.8. The molecule has 24 heavy (non-hydrogen) atoms. The van der Waals surface area contributed by atoms with Gasteiger partial charge in [0.25, 0.3) is 11.5 Å². The van der Waals surface area contributed by atoms with Gasteiger partial charge < -0.3 is 16.0 Å². The first-order chi connectivity index (χ1) is 11.6. The molecule has 0 radical (unpaired) electrons. The molecule has 0 saturated heterocycles. The van der Waals surface area contributed by atoms with Crippen LogP contribution in [-0.4, -0.2) is 25.9 Å². The number of nitrogens with one attached hydrogen (secondary N) is 2. The lowest BCUT2D eigenvalue weighted by molar-refractivity contribution is 0.100. The number of aromatic amines is 1. The van der Waals surface area contributed by atoms with E-state index in [4.69, 9.17) is 11.0 Å². The van der Waals surface area contributed by atoms with E-state index in [2.05, 4.69) is 20.5 Å². The van der Waals surface area contributed by atoms with Crippen molar-refractivity contribution in [1.82, 2.24) is 20.0 Å². The van der Waals surface area contributed by atoms with Crippen LogP contribution in [0.2, 0.25) is 0 Å². The number of carbonyl (C=O) groups excluding carboxylic acids is 1. The normalized spacial score (nSPS) is 10.1. The van der Waals surface area contributed by atoms with Gasteiger partial charge in [-0.25, -0.2) is 0 Å². The molecule has 2 heterocycles. The zero-order valence-electron chi connectivity index (χ0n) is 12.2. The average Bonchev–Trinajstić information content (AvgIpc) is 3.09. The van der Waals surface area contributed by atoms with E-state index in [0.717, 1.165) is 6.07 Å². The van der Waals surface area contributed by atoms with Crippen LogP contribution in [0.25, 0.3) is 5.69 Å². The molecular weight excluding hydrogens is 310 g/mol. The highest BCUT2D eigenvalue weighted by atomic mass is 16.1. The third-order valence-electron chi connectivity index (χ3n) is 3.19. The minimum Gasteiger partial charge on any atom is -0.365 e. The van der Waals surface area contributed by atoms with E-state index < -0.39 is 11.5 Å². The number of nitrogens with zero attached hydrogens (tertiary/aromatic N) is 4. The zero-order chi connectivity index (χ0) is 17.1. The Morgan fingerprint density at radius 1 is 1.29 bits per heavy atom. The van der Waals surface area contributed by atoms with Crippen molar-refractivity contribution in [3.63, 3.8) is 0 Å². The van der Waals surface area contributed by atoms with Crippen molar-refractivity contribution in [2.24, 2.45) is 5.73 Å². The Bertz CT molecular complexity index is 999. The molecule has 0 spiro atoms. The molecule has 9 heteroatoms. The topological polar surface area (TPSA) is 142 Å². The van der Waals surface area contributed by atoms with Crippen LogP contribution in [0.1, 0.15) is 15.9 Å². The second kappa shape index (κ2) is 6.05. The predicted octanol–water partition coefficient (Wildman–Crippen LogP) is 0.670. The van der Waals surface area contributed by atoms with Crippen molar-refractivity contribution >= 4 is 17.4 Å². The zero-order valence-corrected chi connectivity index (χ0v) is 12.2. The lowest BCUT2D eigenvalue weighted by atomic mass is 10.1. The Morgan fingerprint density at radius 3 is 2.71 bits per heavy atom. The summed E-state index contributed by atoms with van der Waals surface area (Å²) in [5.41, 5.74) is 5.77. The van der Waals surface area contributed by atoms with Gasteiger partial charge in [0.05, 0.1) is 23.6 Å². The van der Waals surface area contributed by atoms with Gasteiger partial charge in [-0.05, 0) is 24.3 Å². The molecular formula is C15H11N7O2. The van der Waals surface area contributed by atoms with Crippen molar-refractivity contribution in [2.45, 2.75) is 0 Å². The number of hydrogen-bond acceptors (Lipinski definition) is 6. The number of aromatic nitrogens is 4. The minimum absolute atomic E-state index is 0.00812. The van der Waals surface area contributed by atoms with Crippen molar-refractivity contribution in [2.75, 3.05) is 5.32 Å². The number of amides is 1. The fourth-order valence-electron chi connectivity index (χ4n) is 2.11.